The molecule has 2 N–H and O–H groups in total. The lowest BCUT2D eigenvalue weighted by Gasteiger charge is -2.19. The van der Waals surface area contributed by atoms with Gasteiger partial charge in [0.2, 0.25) is 0 Å². The molecule has 19 heavy (non-hydrogen) atoms. The van der Waals surface area contributed by atoms with Crippen molar-refractivity contribution in [3.8, 4) is 0 Å². The van der Waals surface area contributed by atoms with E-state index < -0.39 is 0 Å². The van der Waals surface area contributed by atoms with Crippen LogP contribution in [0.4, 0.5) is 0 Å². The van der Waals surface area contributed by atoms with E-state index in [1.165, 1.54) is 16.8 Å². The van der Waals surface area contributed by atoms with Crippen molar-refractivity contribution in [3.63, 3.8) is 0 Å². The molecule has 0 saturated heterocycles. The summed E-state index contributed by atoms with van der Waals surface area (Å²) in [4.78, 5) is 5.41. The highest BCUT2D eigenvalue weighted by Gasteiger charge is 2.13. The Morgan fingerprint density at radius 1 is 1.32 bits per heavy atom. The molecule has 0 aliphatic rings. The standard InChI is InChI=1S/C14H20N4S/c1-3-9-15-12(4-2)11-7-5-6-8-13(11)19-14-16-10-17-18-14/h5-8,10,12,15H,3-4,9H2,1-2H3,(H,16,17,18). The molecular weight excluding hydrogens is 256 g/mol. The highest BCUT2D eigenvalue weighted by molar-refractivity contribution is 7.99. The smallest absolute Gasteiger partial charge is 0.188 e. The average Bonchev–Trinajstić information content (AvgIpc) is 2.94. The fourth-order valence-electron chi connectivity index (χ4n) is 2.00. The van der Waals surface area contributed by atoms with Gasteiger partial charge in [-0.05, 0) is 31.0 Å². The van der Waals surface area contributed by atoms with E-state index in [0.717, 1.165) is 24.5 Å². The third kappa shape index (κ3) is 3.81. The largest absolute Gasteiger partial charge is 0.310 e. The third-order valence-corrected chi connectivity index (χ3v) is 3.92. The first-order chi connectivity index (χ1) is 9.35. The molecule has 1 unspecified atom stereocenters. The van der Waals surface area contributed by atoms with Crippen LogP contribution >= 0.6 is 11.8 Å². The molecule has 1 atom stereocenters. The average molecular weight is 276 g/mol. The fourth-order valence-corrected chi connectivity index (χ4v) is 2.88. The van der Waals surface area contributed by atoms with Gasteiger partial charge in [-0.2, -0.15) is 5.10 Å². The predicted octanol–water partition coefficient (Wildman–Crippen LogP) is 3.41. The van der Waals surface area contributed by atoms with Crippen molar-refractivity contribution in [1.29, 1.82) is 0 Å². The maximum Gasteiger partial charge on any atom is 0.188 e. The van der Waals surface area contributed by atoms with Crippen LogP contribution in [0.25, 0.3) is 0 Å². The monoisotopic (exact) mass is 276 g/mol. The Morgan fingerprint density at radius 2 is 2.16 bits per heavy atom. The molecule has 2 rings (SSSR count). The van der Waals surface area contributed by atoms with Gasteiger partial charge < -0.3 is 5.32 Å². The summed E-state index contributed by atoms with van der Waals surface area (Å²) in [6.45, 7) is 5.44. The van der Waals surface area contributed by atoms with Crippen LogP contribution in [-0.4, -0.2) is 21.7 Å². The Hall–Kier alpha value is -1.33. The van der Waals surface area contributed by atoms with Crippen molar-refractivity contribution in [2.45, 2.75) is 42.8 Å². The zero-order chi connectivity index (χ0) is 13.5. The molecule has 0 radical (unpaired) electrons. The van der Waals surface area contributed by atoms with Crippen LogP contribution in [0, 0.1) is 0 Å². The number of nitrogens with one attached hydrogen (secondary N) is 2. The Balaban J connectivity index is 2.19. The molecule has 1 aromatic heterocycles. The predicted molar refractivity (Wildman–Crippen MR) is 78.3 cm³/mol. The lowest BCUT2D eigenvalue weighted by Crippen LogP contribution is -2.21. The van der Waals surface area contributed by atoms with Gasteiger partial charge in [-0.1, -0.05) is 43.8 Å². The highest BCUT2D eigenvalue weighted by atomic mass is 32.2. The number of nitrogens with zero attached hydrogens (tertiary/aromatic N) is 2. The topological polar surface area (TPSA) is 53.6 Å². The van der Waals surface area contributed by atoms with E-state index in [1.807, 2.05) is 0 Å². The summed E-state index contributed by atoms with van der Waals surface area (Å²) in [6, 6.07) is 8.88. The van der Waals surface area contributed by atoms with Gasteiger partial charge in [0, 0.05) is 10.9 Å². The molecule has 0 bridgehead atoms. The second-order valence-corrected chi connectivity index (χ2v) is 5.38. The van der Waals surface area contributed by atoms with E-state index in [9.17, 15) is 0 Å². The molecule has 1 heterocycles. The van der Waals surface area contributed by atoms with Crippen LogP contribution in [0.5, 0.6) is 0 Å². The molecular formula is C14H20N4S. The second-order valence-electron chi connectivity index (χ2n) is 4.35. The first-order valence-electron chi connectivity index (χ1n) is 6.70. The lowest BCUT2D eigenvalue weighted by molar-refractivity contribution is 0.512. The molecule has 0 amide bonds. The van der Waals surface area contributed by atoms with Gasteiger partial charge in [-0.25, -0.2) is 4.98 Å². The van der Waals surface area contributed by atoms with Gasteiger partial charge in [0.05, 0.1) is 0 Å². The minimum Gasteiger partial charge on any atom is -0.310 e. The van der Waals surface area contributed by atoms with Crippen molar-refractivity contribution < 1.29 is 0 Å². The third-order valence-electron chi connectivity index (χ3n) is 2.94. The van der Waals surface area contributed by atoms with Gasteiger partial charge in [-0.15, -0.1) is 0 Å². The number of hydrogen-bond acceptors (Lipinski definition) is 4. The number of H-pyrrole nitrogens is 1. The SMILES string of the molecule is CCCNC(CC)c1ccccc1Sc1ncn[nH]1. The summed E-state index contributed by atoms with van der Waals surface area (Å²) < 4.78 is 0. The molecule has 5 heteroatoms. The highest BCUT2D eigenvalue weighted by Crippen LogP contribution is 2.32. The van der Waals surface area contributed by atoms with Gasteiger partial charge in [0.15, 0.2) is 5.16 Å². The zero-order valence-electron chi connectivity index (χ0n) is 11.4. The molecule has 0 fully saturated rings. The number of hydrogen-bond donors (Lipinski definition) is 2. The molecule has 0 aliphatic carbocycles. The number of aromatic amines is 1. The fraction of sp³-hybridized carbons (Fsp3) is 0.429. The minimum atomic E-state index is 0.395. The maximum atomic E-state index is 4.18. The van der Waals surface area contributed by atoms with E-state index in [-0.39, 0.29) is 0 Å². The first kappa shape index (κ1) is 14.1. The summed E-state index contributed by atoms with van der Waals surface area (Å²) in [5.41, 5.74) is 1.33. The Morgan fingerprint density at radius 3 is 2.84 bits per heavy atom. The summed E-state index contributed by atoms with van der Waals surface area (Å²) in [5.74, 6) is 0. The summed E-state index contributed by atoms with van der Waals surface area (Å²) in [6.07, 6.45) is 3.76. The second kappa shape index (κ2) is 7.31. The van der Waals surface area contributed by atoms with Gasteiger partial charge in [-0.3, -0.25) is 5.10 Å². The van der Waals surface area contributed by atoms with Crippen LogP contribution in [0.1, 0.15) is 38.3 Å². The minimum absolute atomic E-state index is 0.395. The molecule has 2 aromatic rings. The molecule has 102 valence electrons. The molecule has 4 nitrogen and oxygen atoms in total. The molecule has 0 spiro atoms. The van der Waals surface area contributed by atoms with Crippen LogP contribution in [0.15, 0.2) is 40.6 Å². The summed E-state index contributed by atoms with van der Waals surface area (Å²) in [7, 11) is 0. The zero-order valence-corrected chi connectivity index (χ0v) is 12.2. The van der Waals surface area contributed by atoms with E-state index in [1.54, 1.807) is 11.8 Å². The van der Waals surface area contributed by atoms with Crippen molar-refractivity contribution in [2.24, 2.45) is 0 Å². The van der Waals surface area contributed by atoms with Crippen LogP contribution in [0.2, 0.25) is 0 Å². The van der Waals surface area contributed by atoms with Crippen molar-refractivity contribution in [2.75, 3.05) is 6.54 Å². The first-order valence-corrected chi connectivity index (χ1v) is 7.52. The summed E-state index contributed by atoms with van der Waals surface area (Å²) >= 11 is 1.63. The van der Waals surface area contributed by atoms with Crippen molar-refractivity contribution >= 4 is 11.8 Å². The van der Waals surface area contributed by atoms with Gasteiger partial charge >= 0.3 is 0 Å². The molecule has 1 aromatic carbocycles. The van der Waals surface area contributed by atoms with Gasteiger partial charge in [0.1, 0.15) is 6.33 Å². The van der Waals surface area contributed by atoms with E-state index in [2.05, 4.69) is 58.6 Å². The molecule has 0 saturated carbocycles. The van der Waals surface area contributed by atoms with E-state index in [4.69, 9.17) is 0 Å². The van der Waals surface area contributed by atoms with E-state index >= 15 is 0 Å². The summed E-state index contributed by atoms with van der Waals surface area (Å²) in [5, 5.41) is 11.2. The van der Waals surface area contributed by atoms with Crippen molar-refractivity contribution in [3.05, 3.63) is 36.2 Å². The Labute approximate surface area is 118 Å². The van der Waals surface area contributed by atoms with Crippen LogP contribution in [0.3, 0.4) is 0 Å². The molecule has 0 aliphatic heterocycles. The maximum absolute atomic E-state index is 4.18. The van der Waals surface area contributed by atoms with Gasteiger partial charge in [0.25, 0.3) is 0 Å². The van der Waals surface area contributed by atoms with Crippen molar-refractivity contribution in [1.82, 2.24) is 20.5 Å². The van der Waals surface area contributed by atoms with Crippen LogP contribution in [-0.2, 0) is 0 Å². The Bertz CT molecular complexity index is 484. The van der Waals surface area contributed by atoms with Crippen LogP contribution < -0.4 is 5.32 Å². The normalized spacial score (nSPS) is 12.5. The lowest BCUT2D eigenvalue weighted by atomic mass is 10.0. The number of aromatic nitrogens is 3. The quantitative estimate of drug-likeness (QED) is 0.813. The Kier molecular flexibility index (Phi) is 5.42. The number of benzene rings is 1. The van der Waals surface area contributed by atoms with E-state index in [0.29, 0.717) is 6.04 Å². The number of rotatable bonds is 7.